The van der Waals surface area contributed by atoms with Gasteiger partial charge < -0.3 is 20.1 Å². The number of aromatic nitrogens is 3. The van der Waals surface area contributed by atoms with E-state index < -0.39 is 0 Å². The van der Waals surface area contributed by atoms with Crippen LogP contribution in [0.15, 0.2) is 4.99 Å². The number of nitrogens with zero attached hydrogens (tertiary/aromatic N) is 5. The summed E-state index contributed by atoms with van der Waals surface area (Å²) in [6.07, 6.45) is 7.10. The number of hydrogen-bond donors (Lipinski definition) is 2. The average molecular weight is 491 g/mol. The summed E-state index contributed by atoms with van der Waals surface area (Å²) in [4.78, 5) is 6.83. The third-order valence-electron chi connectivity index (χ3n) is 5.21. The molecule has 0 saturated heterocycles. The van der Waals surface area contributed by atoms with Crippen molar-refractivity contribution in [1.82, 2.24) is 30.3 Å². The molecule has 2 rings (SSSR count). The quantitative estimate of drug-likeness (QED) is 0.316. The van der Waals surface area contributed by atoms with Gasteiger partial charge in [0.05, 0.1) is 6.54 Å². The normalized spacial score (nSPS) is 15.7. The van der Waals surface area contributed by atoms with Gasteiger partial charge in [-0.3, -0.25) is 4.99 Å². The van der Waals surface area contributed by atoms with Gasteiger partial charge in [-0.05, 0) is 52.2 Å². The van der Waals surface area contributed by atoms with Crippen molar-refractivity contribution >= 4 is 29.9 Å². The second-order valence-corrected chi connectivity index (χ2v) is 7.14. The predicted molar refractivity (Wildman–Crippen MR) is 123 cm³/mol. The summed E-state index contributed by atoms with van der Waals surface area (Å²) in [6, 6.07) is 0.396. The minimum atomic E-state index is 0. The smallest absolute Gasteiger partial charge is 0.191 e. The highest BCUT2D eigenvalue weighted by atomic mass is 127. The second kappa shape index (κ2) is 13.3. The lowest BCUT2D eigenvalue weighted by atomic mass is 10.2. The van der Waals surface area contributed by atoms with Gasteiger partial charge in [0.15, 0.2) is 11.8 Å². The molecule has 2 heterocycles. The monoisotopic (exact) mass is 491 g/mol. The Balaban J connectivity index is 0.00000364. The molecule has 1 aromatic rings. The number of hydrogen-bond acceptors (Lipinski definition) is 4. The van der Waals surface area contributed by atoms with Crippen LogP contribution in [0.4, 0.5) is 0 Å². The first-order chi connectivity index (χ1) is 12.7. The molecule has 7 nitrogen and oxygen atoms in total. The van der Waals surface area contributed by atoms with E-state index in [1.165, 1.54) is 25.7 Å². The van der Waals surface area contributed by atoms with Gasteiger partial charge in [-0.1, -0.05) is 20.3 Å². The molecule has 0 aromatic carbocycles. The molecule has 0 fully saturated rings. The van der Waals surface area contributed by atoms with Crippen LogP contribution in [0.3, 0.4) is 0 Å². The number of fused-ring (bicyclic) bond motifs is 1. The molecule has 1 unspecified atom stereocenters. The lowest BCUT2D eigenvalue weighted by Gasteiger charge is -2.21. The Bertz CT molecular complexity index is 554. The summed E-state index contributed by atoms with van der Waals surface area (Å²) in [5.74, 6) is 2.98. The molecule has 1 aliphatic rings. The number of nitrogens with one attached hydrogen (secondary N) is 2. The number of halogens is 1. The van der Waals surface area contributed by atoms with Crippen molar-refractivity contribution in [2.75, 3.05) is 26.7 Å². The number of aryl methyl sites for hydroxylation is 1. The molecule has 2 N–H and O–H groups in total. The van der Waals surface area contributed by atoms with Crippen LogP contribution in [0, 0.1) is 0 Å². The van der Waals surface area contributed by atoms with E-state index in [4.69, 9.17) is 0 Å². The Kier molecular flexibility index (Phi) is 11.9. The van der Waals surface area contributed by atoms with E-state index in [1.54, 1.807) is 0 Å². The Labute approximate surface area is 181 Å². The van der Waals surface area contributed by atoms with E-state index in [0.717, 1.165) is 56.6 Å². The molecule has 1 atom stereocenters. The van der Waals surface area contributed by atoms with Crippen LogP contribution >= 0.6 is 24.0 Å². The third-order valence-corrected chi connectivity index (χ3v) is 5.21. The van der Waals surface area contributed by atoms with Gasteiger partial charge >= 0.3 is 0 Å². The first-order valence-corrected chi connectivity index (χ1v) is 10.3. The standard InChI is InChI=1S/C19H37N7.HI/c1-5-25(6-2)13-10-11-16(3)22-19(20-4)21-15-18-24-23-17-12-8-7-9-14-26(17)18;/h16H,5-15H2,1-4H3,(H2,20,21,22);1H. The number of guanidine groups is 1. The predicted octanol–water partition coefficient (Wildman–Crippen LogP) is 2.80. The van der Waals surface area contributed by atoms with E-state index >= 15 is 0 Å². The van der Waals surface area contributed by atoms with Crippen molar-refractivity contribution in [3.8, 4) is 0 Å². The van der Waals surface area contributed by atoms with Crippen LogP contribution in [0.2, 0.25) is 0 Å². The first kappa shape index (κ1) is 24.1. The fourth-order valence-electron chi connectivity index (χ4n) is 3.50. The summed E-state index contributed by atoms with van der Waals surface area (Å²) in [7, 11) is 1.82. The second-order valence-electron chi connectivity index (χ2n) is 7.14. The van der Waals surface area contributed by atoms with Crippen LogP contribution in [-0.4, -0.2) is 58.3 Å². The molecule has 1 aliphatic heterocycles. The molecule has 0 amide bonds. The van der Waals surface area contributed by atoms with Gasteiger partial charge in [-0.15, -0.1) is 34.2 Å². The fourth-order valence-corrected chi connectivity index (χ4v) is 3.50. The maximum Gasteiger partial charge on any atom is 0.191 e. The Morgan fingerprint density at radius 3 is 2.70 bits per heavy atom. The molecular weight excluding hydrogens is 453 g/mol. The van der Waals surface area contributed by atoms with Gasteiger partial charge in [0, 0.05) is 26.1 Å². The van der Waals surface area contributed by atoms with Gasteiger partial charge in [-0.25, -0.2) is 0 Å². The number of rotatable bonds is 9. The lowest BCUT2D eigenvalue weighted by Crippen LogP contribution is -2.42. The molecule has 0 bridgehead atoms. The maximum absolute atomic E-state index is 4.37. The zero-order valence-corrected chi connectivity index (χ0v) is 19.8. The van der Waals surface area contributed by atoms with Gasteiger partial charge in [-0.2, -0.15) is 0 Å². The van der Waals surface area contributed by atoms with Crippen molar-refractivity contribution in [2.24, 2.45) is 4.99 Å². The zero-order chi connectivity index (χ0) is 18.8. The summed E-state index contributed by atoms with van der Waals surface area (Å²) in [6.45, 7) is 11.8. The van der Waals surface area contributed by atoms with Gasteiger partial charge in [0.1, 0.15) is 5.82 Å². The van der Waals surface area contributed by atoms with Crippen LogP contribution < -0.4 is 10.6 Å². The van der Waals surface area contributed by atoms with Crippen LogP contribution in [0.1, 0.15) is 64.5 Å². The molecule has 0 saturated carbocycles. The van der Waals surface area contributed by atoms with E-state index in [2.05, 4.69) is 56.1 Å². The molecule has 27 heavy (non-hydrogen) atoms. The van der Waals surface area contributed by atoms with Crippen molar-refractivity contribution in [3.63, 3.8) is 0 Å². The Morgan fingerprint density at radius 1 is 1.22 bits per heavy atom. The van der Waals surface area contributed by atoms with E-state index in [-0.39, 0.29) is 24.0 Å². The van der Waals surface area contributed by atoms with Gasteiger partial charge in [0.2, 0.25) is 0 Å². The molecule has 1 aromatic heterocycles. The highest BCUT2D eigenvalue weighted by Gasteiger charge is 2.15. The molecule has 8 heteroatoms. The Morgan fingerprint density at radius 2 is 2.00 bits per heavy atom. The SMILES string of the molecule is CCN(CC)CCCC(C)NC(=NC)NCc1nnc2n1CCCCC2.I. The fraction of sp³-hybridized carbons (Fsp3) is 0.842. The van der Waals surface area contributed by atoms with E-state index in [9.17, 15) is 0 Å². The third kappa shape index (κ3) is 7.93. The van der Waals surface area contributed by atoms with Crippen LogP contribution in [0.25, 0.3) is 0 Å². The highest BCUT2D eigenvalue weighted by molar-refractivity contribution is 14.0. The molecule has 156 valence electrons. The Hall–Kier alpha value is -0.900. The summed E-state index contributed by atoms with van der Waals surface area (Å²) in [5, 5.41) is 15.6. The minimum Gasteiger partial charge on any atom is -0.354 e. The zero-order valence-electron chi connectivity index (χ0n) is 17.5. The van der Waals surface area contributed by atoms with Crippen molar-refractivity contribution in [1.29, 1.82) is 0 Å². The highest BCUT2D eigenvalue weighted by Crippen LogP contribution is 2.14. The van der Waals surface area contributed by atoms with Crippen LogP contribution in [0.5, 0.6) is 0 Å². The van der Waals surface area contributed by atoms with Crippen LogP contribution in [-0.2, 0) is 19.5 Å². The summed E-state index contributed by atoms with van der Waals surface area (Å²) >= 11 is 0. The lowest BCUT2D eigenvalue weighted by molar-refractivity contribution is 0.292. The van der Waals surface area contributed by atoms with Crippen molar-refractivity contribution < 1.29 is 0 Å². The van der Waals surface area contributed by atoms with Gasteiger partial charge in [0.25, 0.3) is 0 Å². The van der Waals surface area contributed by atoms with E-state index in [1.807, 2.05) is 7.05 Å². The van der Waals surface area contributed by atoms with Crippen molar-refractivity contribution in [2.45, 2.75) is 78.4 Å². The van der Waals surface area contributed by atoms with E-state index in [0.29, 0.717) is 12.6 Å². The molecule has 0 spiro atoms. The first-order valence-electron chi connectivity index (χ1n) is 10.3. The topological polar surface area (TPSA) is 70.4 Å². The maximum atomic E-state index is 4.37. The molecule has 0 aliphatic carbocycles. The molecular formula is C19H38IN7. The van der Waals surface area contributed by atoms with Crippen molar-refractivity contribution in [3.05, 3.63) is 11.6 Å². The largest absolute Gasteiger partial charge is 0.354 e. The molecule has 0 radical (unpaired) electrons. The summed E-state index contributed by atoms with van der Waals surface area (Å²) in [5.41, 5.74) is 0. The average Bonchev–Trinajstić information content (AvgIpc) is 2.88. The summed E-state index contributed by atoms with van der Waals surface area (Å²) < 4.78 is 2.28. The minimum absolute atomic E-state index is 0. The number of aliphatic imine (C=N–C) groups is 1.